The van der Waals surface area contributed by atoms with Crippen LogP contribution in [0.15, 0.2) is 25.3 Å². The van der Waals surface area contributed by atoms with Gasteiger partial charge >= 0.3 is 6.09 Å². The van der Waals surface area contributed by atoms with Gasteiger partial charge in [-0.2, -0.15) is 0 Å². The van der Waals surface area contributed by atoms with Crippen LogP contribution < -0.4 is 5.73 Å². The highest BCUT2D eigenvalue weighted by Gasteiger charge is 2.33. The molecular formula is C14H24N2O3. The van der Waals surface area contributed by atoms with Gasteiger partial charge in [-0.1, -0.05) is 19.1 Å². The second-order valence-electron chi connectivity index (χ2n) is 5.36. The van der Waals surface area contributed by atoms with Gasteiger partial charge in [-0.05, 0) is 20.8 Å². The quantitative estimate of drug-likeness (QED) is 0.750. The first-order valence-corrected chi connectivity index (χ1v) is 6.16. The molecule has 0 aromatic heterocycles. The number of rotatable bonds is 6. The van der Waals surface area contributed by atoms with Crippen LogP contribution in [0, 0.1) is 5.92 Å². The van der Waals surface area contributed by atoms with Gasteiger partial charge in [0.15, 0.2) is 0 Å². The Bertz CT molecular complexity index is 358. The second-order valence-corrected chi connectivity index (χ2v) is 5.36. The van der Waals surface area contributed by atoms with Crippen molar-refractivity contribution in [1.82, 2.24) is 4.90 Å². The first-order chi connectivity index (χ1) is 8.64. The molecule has 0 spiro atoms. The summed E-state index contributed by atoms with van der Waals surface area (Å²) in [5.74, 6) is -0.870. The van der Waals surface area contributed by atoms with Gasteiger partial charge in [-0.3, -0.25) is 9.69 Å². The Labute approximate surface area is 115 Å². The Morgan fingerprint density at radius 1 is 1.37 bits per heavy atom. The summed E-state index contributed by atoms with van der Waals surface area (Å²) in [6.45, 7) is 14.4. The fourth-order valence-electron chi connectivity index (χ4n) is 1.59. The number of primary amides is 1. The summed E-state index contributed by atoms with van der Waals surface area (Å²) in [6, 6.07) is -0.801. The summed E-state index contributed by atoms with van der Waals surface area (Å²) in [7, 11) is 0. The zero-order valence-electron chi connectivity index (χ0n) is 12.2. The predicted octanol–water partition coefficient (Wildman–Crippen LogP) is 2.09. The van der Waals surface area contributed by atoms with Crippen LogP contribution in [0.4, 0.5) is 4.79 Å². The predicted molar refractivity (Wildman–Crippen MR) is 75.5 cm³/mol. The van der Waals surface area contributed by atoms with Gasteiger partial charge in [0.1, 0.15) is 11.6 Å². The van der Waals surface area contributed by atoms with Crippen LogP contribution in [0.2, 0.25) is 0 Å². The lowest BCUT2D eigenvalue weighted by molar-refractivity contribution is -0.124. The van der Waals surface area contributed by atoms with E-state index in [0.717, 1.165) is 0 Å². The summed E-state index contributed by atoms with van der Waals surface area (Å²) in [5.41, 5.74) is 4.73. The highest BCUT2D eigenvalue weighted by Crippen LogP contribution is 2.17. The third kappa shape index (κ3) is 5.59. The molecule has 5 heteroatoms. The van der Waals surface area contributed by atoms with E-state index in [1.54, 1.807) is 33.8 Å². The van der Waals surface area contributed by atoms with Crippen molar-refractivity contribution in [1.29, 1.82) is 0 Å². The molecule has 0 aliphatic carbocycles. The molecule has 0 heterocycles. The molecule has 0 fully saturated rings. The molecule has 0 bridgehead atoms. The molecule has 0 saturated carbocycles. The third-order valence-electron chi connectivity index (χ3n) is 2.45. The van der Waals surface area contributed by atoms with Crippen LogP contribution in [-0.4, -0.2) is 35.1 Å². The van der Waals surface area contributed by atoms with Gasteiger partial charge in [0, 0.05) is 12.5 Å². The lowest BCUT2D eigenvalue weighted by Gasteiger charge is -2.33. The van der Waals surface area contributed by atoms with Gasteiger partial charge in [0.25, 0.3) is 0 Å². The molecular weight excluding hydrogens is 244 g/mol. The summed E-state index contributed by atoms with van der Waals surface area (Å²) in [6.07, 6.45) is 2.51. The molecule has 0 aliphatic heterocycles. The zero-order valence-corrected chi connectivity index (χ0v) is 12.2. The standard InChI is InChI=1S/C14H24N2O3/c1-7-9-16(13(18)19-14(4,5)6)11(12(15)17)10(3)8-2/h7-8,10-11H,1-2,9H2,3-6H3,(H2,15,17). The van der Waals surface area contributed by atoms with Crippen LogP contribution in [0.5, 0.6) is 0 Å². The van der Waals surface area contributed by atoms with E-state index < -0.39 is 23.6 Å². The maximum atomic E-state index is 12.1. The maximum absolute atomic E-state index is 12.1. The van der Waals surface area contributed by atoms with E-state index in [1.165, 1.54) is 11.0 Å². The average molecular weight is 268 g/mol. The van der Waals surface area contributed by atoms with Crippen LogP contribution in [0.1, 0.15) is 27.7 Å². The number of carbonyl (C=O) groups excluding carboxylic acids is 2. The highest BCUT2D eigenvalue weighted by molar-refractivity contribution is 5.85. The van der Waals surface area contributed by atoms with Crippen molar-refractivity contribution in [3.8, 4) is 0 Å². The van der Waals surface area contributed by atoms with E-state index in [0.29, 0.717) is 0 Å². The number of amides is 2. The van der Waals surface area contributed by atoms with E-state index in [-0.39, 0.29) is 12.5 Å². The van der Waals surface area contributed by atoms with Crippen LogP contribution in [0.3, 0.4) is 0 Å². The number of nitrogens with zero attached hydrogens (tertiary/aromatic N) is 1. The van der Waals surface area contributed by atoms with Crippen LogP contribution >= 0.6 is 0 Å². The van der Waals surface area contributed by atoms with Gasteiger partial charge < -0.3 is 10.5 Å². The van der Waals surface area contributed by atoms with Crippen molar-refractivity contribution in [3.63, 3.8) is 0 Å². The molecule has 19 heavy (non-hydrogen) atoms. The molecule has 5 nitrogen and oxygen atoms in total. The van der Waals surface area contributed by atoms with Crippen molar-refractivity contribution in [2.45, 2.75) is 39.3 Å². The minimum Gasteiger partial charge on any atom is -0.444 e. The number of carbonyl (C=O) groups is 2. The van der Waals surface area contributed by atoms with E-state index in [4.69, 9.17) is 10.5 Å². The van der Waals surface area contributed by atoms with Gasteiger partial charge in [-0.25, -0.2) is 4.79 Å². The zero-order chi connectivity index (χ0) is 15.2. The second kappa shape index (κ2) is 6.97. The Morgan fingerprint density at radius 3 is 2.21 bits per heavy atom. The molecule has 0 radical (unpaired) electrons. The third-order valence-corrected chi connectivity index (χ3v) is 2.45. The largest absolute Gasteiger partial charge is 0.444 e. The van der Waals surface area contributed by atoms with Gasteiger partial charge in [-0.15, -0.1) is 13.2 Å². The van der Waals surface area contributed by atoms with Crippen molar-refractivity contribution in [2.24, 2.45) is 11.7 Å². The first-order valence-electron chi connectivity index (χ1n) is 6.16. The molecule has 0 rings (SSSR count). The first kappa shape index (κ1) is 17.2. The fourth-order valence-corrected chi connectivity index (χ4v) is 1.59. The van der Waals surface area contributed by atoms with Crippen molar-refractivity contribution >= 4 is 12.0 Å². The fraction of sp³-hybridized carbons (Fsp3) is 0.571. The Kier molecular flexibility index (Phi) is 6.32. The number of ether oxygens (including phenoxy) is 1. The minimum atomic E-state index is -0.801. The molecule has 0 aliphatic rings. The van der Waals surface area contributed by atoms with Crippen LogP contribution in [0.25, 0.3) is 0 Å². The smallest absolute Gasteiger partial charge is 0.411 e. The van der Waals surface area contributed by atoms with Crippen molar-refractivity contribution in [3.05, 3.63) is 25.3 Å². The van der Waals surface area contributed by atoms with Crippen molar-refractivity contribution < 1.29 is 14.3 Å². The van der Waals surface area contributed by atoms with Gasteiger partial charge in [0.05, 0.1) is 0 Å². The molecule has 2 amide bonds. The minimum absolute atomic E-state index is 0.181. The average Bonchev–Trinajstić information content (AvgIpc) is 2.25. The number of hydrogen-bond acceptors (Lipinski definition) is 3. The lowest BCUT2D eigenvalue weighted by Crippen LogP contribution is -2.52. The Morgan fingerprint density at radius 2 is 1.89 bits per heavy atom. The van der Waals surface area contributed by atoms with E-state index in [2.05, 4.69) is 13.2 Å². The molecule has 2 atom stereocenters. The SMILES string of the molecule is C=CCN(C(=O)OC(C)(C)C)C(C(N)=O)C(C)C=C. The molecule has 0 aromatic carbocycles. The van der Waals surface area contributed by atoms with Crippen molar-refractivity contribution in [2.75, 3.05) is 6.54 Å². The van der Waals surface area contributed by atoms with Crippen LogP contribution in [-0.2, 0) is 9.53 Å². The topological polar surface area (TPSA) is 72.6 Å². The number of nitrogens with two attached hydrogens (primary N) is 1. The highest BCUT2D eigenvalue weighted by atomic mass is 16.6. The summed E-state index contributed by atoms with van der Waals surface area (Å²) < 4.78 is 5.28. The Hall–Kier alpha value is -1.78. The lowest BCUT2D eigenvalue weighted by atomic mass is 10.00. The summed E-state index contributed by atoms with van der Waals surface area (Å²) >= 11 is 0. The molecule has 0 saturated heterocycles. The van der Waals surface area contributed by atoms with E-state index >= 15 is 0 Å². The summed E-state index contributed by atoms with van der Waals surface area (Å²) in [4.78, 5) is 25.0. The maximum Gasteiger partial charge on any atom is 0.411 e. The van der Waals surface area contributed by atoms with Gasteiger partial charge in [0.2, 0.25) is 5.91 Å². The normalized spacial score (nSPS) is 14.1. The van der Waals surface area contributed by atoms with E-state index in [9.17, 15) is 9.59 Å². The summed E-state index contributed by atoms with van der Waals surface area (Å²) in [5, 5.41) is 0. The molecule has 2 N–H and O–H groups in total. The molecule has 0 aromatic rings. The Balaban J connectivity index is 5.25. The number of hydrogen-bond donors (Lipinski definition) is 1. The molecule has 108 valence electrons. The van der Waals surface area contributed by atoms with E-state index in [1.807, 2.05) is 0 Å². The molecule has 2 unspecified atom stereocenters. The monoisotopic (exact) mass is 268 g/mol.